The van der Waals surface area contributed by atoms with Gasteiger partial charge in [0.25, 0.3) is 0 Å². The van der Waals surface area contributed by atoms with Gasteiger partial charge in [-0.05, 0) is 0 Å². The number of carbonyl (C=O) groups is 2. The lowest BCUT2D eigenvalue weighted by Gasteiger charge is -2.14. The number of nitrogens with one attached hydrogen (secondary N) is 1. The highest BCUT2D eigenvalue weighted by atomic mass is 16.5. The summed E-state index contributed by atoms with van der Waals surface area (Å²) in [6.07, 6.45) is 3.64. The molecule has 19 heavy (non-hydrogen) atoms. The van der Waals surface area contributed by atoms with Crippen LogP contribution >= 0.6 is 0 Å². The highest BCUT2D eigenvalue weighted by molar-refractivity contribution is 6.00. The smallest absolute Gasteiger partial charge is 0.227 e. The summed E-state index contributed by atoms with van der Waals surface area (Å²) in [6, 6.07) is 0. The molecular formula is C12H18N4O3. The summed E-state index contributed by atoms with van der Waals surface area (Å²) in [5.41, 5.74) is 0.736. The van der Waals surface area contributed by atoms with Crippen LogP contribution in [0.4, 0.5) is 5.69 Å². The quantitative estimate of drug-likeness (QED) is 0.731. The highest BCUT2D eigenvalue weighted by Gasteiger charge is 2.35. The Labute approximate surface area is 111 Å². The summed E-state index contributed by atoms with van der Waals surface area (Å²) in [6.45, 7) is 1.34. The van der Waals surface area contributed by atoms with Gasteiger partial charge >= 0.3 is 0 Å². The van der Waals surface area contributed by atoms with E-state index in [1.54, 1.807) is 36.1 Å². The summed E-state index contributed by atoms with van der Waals surface area (Å²) in [5.74, 6) is -0.443. The first kappa shape index (κ1) is 13.5. The molecule has 1 atom stereocenters. The van der Waals surface area contributed by atoms with Gasteiger partial charge in [-0.15, -0.1) is 0 Å². The lowest BCUT2D eigenvalue weighted by Crippen LogP contribution is -2.34. The predicted molar refractivity (Wildman–Crippen MR) is 68.6 cm³/mol. The van der Waals surface area contributed by atoms with Crippen molar-refractivity contribution >= 4 is 17.5 Å². The Kier molecular flexibility index (Phi) is 4.16. The molecule has 7 nitrogen and oxygen atoms in total. The van der Waals surface area contributed by atoms with Crippen molar-refractivity contribution in [3.8, 4) is 0 Å². The van der Waals surface area contributed by atoms with Gasteiger partial charge in [0.1, 0.15) is 0 Å². The van der Waals surface area contributed by atoms with Crippen molar-refractivity contribution in [2.75, 3.05) is 31.7 Å². The Morgan fingerprint density at radius 1 is 1.63 bits per heavy atom. The molecule has 2 heterocycles. The highest BCUT2D eigenvalue weighted by Crippen LogP contribution is 2.24. The third kappa shape index (κ3) is 3.11. The molecule has 0 aliphatic carbocycles. The van der Waals surface area contributed by atoms with Crippen molar-refractivity contribution in [1.29, 1.82) is 0 Å². The number of aryl methyl sites for hydroxylation is 1. The first-order chi connectivity index (χ1) is 9.11. The molecule has 0 aromatic carbocycles. The molecule has 1 fully saturated rings. The number of amides is 2. The minimum absolute atomic E-state index is 0.0418. The van der Waals surface area contributed by atoms with E-state index in [9.17, 15) is 9.59 Å². The van der Waals surface area contributed by atoms with Crippen LogP contribution in [-0.2, 0) is 21.4 Å². The van der Waals surface area contributed by atoms with Gasteiger partial charge in [0.05, 0.1) is 24.4 Å². The summed E-state index contributed by atoms with van der Waals surface area (Å²) in [5, 5.41) is 6.79. The Balaban J connectivity index is 1.93. The fourth-order valence-electron chi connectivity index (χ4n) is 2.10. The van der Waals surface area contributed by atoms with Gasteiger partial charge in [-0.25, -0.2) is 0 Å². The molecule has 7 heteroatoms. The van der Waals surface area contributed by atoms with E-state index in [0.717, 1.165) is 5.69 Å². The van der Waals surface area contributed by atoms with Crippen LogP contribution < -0.4 is 10.2 Å². The SMILES string of the molecule is COCCNC(=O)[C@@H]1CC(=O)N(c2cnn(C)c2)C1. The molecule has 2 rings (SSSR count). The Hall–Kier alpha value is -1.89. The number of ether oxygens (including phenoxy) is 1. The van der Waals surface area contributed by atoms with Crippen molar-refractivity contribution in [2.24, 2.45) is 13.0 Å². The zero-order chi connectivity index (χ0) is 13.8. The largest absolute Gasteiger partial charge is 0.383 e. The number of aromatic nitrogens is 2. The maximum atomic E-state index is 11.9. The number of carbonyl (C=O) groups excluding carboxylic acids is 2. The minimum atomic E-state index is -0.301. The third-order valence-electron chi connectivity index (χ3n) is 3.10. The maximum Gasteiger partial charge on any atom is 0.227 e. The average molecular weight is 266 g/mol. The molecule has 2 amide bonds. The minimum Gasteiger partial charge on any atom is -0.383 e. The van der Waals surface area contributed by atoms with Crippen LogP contribution in [0.5, 0.6) is 0 Å². The summed E-state index contributed by atoms with van der Waals surface area (Å²) in [4.78, 5) is 25.4. The lowest BCUT2D eigenvalue weighted by atomic mass is 10.1. The molecule has 1 N–H and O–H groups in total. The van der Waals surface area contributed by atoms with Crippen molar-refractivity contribution < 1.29 is 14.3 Å². The molecular weight excluding hydrogens is 248 g/mol. The molecule has 1 aliphatic heterocycles. The Morgan fingerprint density at radius 2 is 2.42 bits per heavy atom. The van der Waals surface area contributed by atoms with Gasteiger partial charge in [0, 0.05) is 39.9 Å². The van der Waals surface area contributed by atoms with Crippen LogP contribution in [-0.4, -0.2) is 48.4 Å². The maximum absolute atomic E-state index is 11.9. The van der Waals surface area contributed by atoms with Crippen molar-refractivity contribution in [2.45, 2.75) is 6.42 Å². The second-order valence-electron chi connectivity index (χ2n) is 4.56. The van der Waals surface area contributed by atoms with Crippen molar-refractivity contribution in [3.63, 3.8) is 0 Å². The third-order valence-corrected chi connectivity index (χ3v) is 3.10. The Morgan fingerprint density at radius 3 is 3.05 bits per heavy atom. The summed E-state index contributed by atoms with van der Waals surface area (Å²) >= 11 is 0. The second kappa shape index (κ2) is 5.83. The van der Waals surface area contributed by atoms with E-state index in [-0.39, 0.29) is 24.2 Å². The predicted octanol–water partition coefficient (Wildman–Crippen LogP) is -0.464. The van der Waals surface area contributed by atoms with Gasteiger partial charge < -0.3 is 15.0 Å². The van der Waals surface area contributed by atoms with Crippen molar-refractivity contribution in [1.82, 2.24) is 15.1 Å². The second-order valence-corrected chi connectivity index (χ2v) is 4.56. The van der Waals surface area contributed by atoms with Crippen LogP contribution in [0.15, 0.2) is 12.4 Å². The zero-order valence-electron chi connectivity index (χ0n) is 11.1. The number of hydrogen-bond donors (Lipinski definition) is 1. The van der Waals surface area contributed by atoms with E-state index in [2.05, 4.69) is 10.4 Å². The molecule has 0 bridgehead atoms. The van der Waals surface area contributed by atoms with E-state index in [1.807, 2.05) is 0 Å². The monoisotopic (exact) mass is 266 g/mol. The average Bonchev–Trinajstić information content (AvgIpc) is 2.95. The molecule has 0 unspecified atom stereocenters. The molecule has 1 aliphatic rings. The fourth-order valence-corrected chi connectivity index (χ4v) is 2.10. The lowest BCUT2D eigenvalue weighted by molar-refractivity contribution is -0.126. The number of nitrogens with zero attached hydrogens (tertiary/aromatic N) is 3. The van der Waals surface area contributed by atoms with E-state index in [1.165, 1.54) is 0 Å². The molecule has 104 valence electrons. The van der Waals surface area contributed by atoms with Crippen molar-refractivity contribution in [3.05, 3.63) is 12.4 Å². The molecule has 1 aromatic heterocycles. The van der Waals surface area contributed by atoms with Gasteiger partial charge in [-0.3, -0.25) is 14.3 Å². The number of hydrogen-bond acceptors (Lipinski definition) is 4. The van der Waals surface area contributed by atoms with Crippen LogP contribution in [0.3, 0.4) is 0 Å². The summed E-state index contributed by atoms with van der Waals surface area (Å²) < 4.78 is 6.50. The number of rotatable bonds is 5. The van der Waals surface area contributed by atoms with Gasteiger partial charge in [-0.1, -0.05) is 0 Å². The van der Waals surface area contributed by atoms with Crippen LogP contribution in [0, 0.1) is 5.92 Å². The van der Waals surface area contributed by atoms with Gasteiger partial charge in [-0.2, -0.15) is 5.10 Å². The van der Waals surface area contributed by atoms with Gasteiger partial charge in [0.15, 0.2) is 0 Å². The van der Waals surface area contributed by atoms with Crippen LogP contribution in [0.2, 0.25) is 0 Å². The molecule has 1 saturated heterocycles. The number of methoxy groups -OCH3 is 1. The molecule has 0 saturated carbocycles. The molecule has 0 radical (unpaired) electrons. The van der Waals surface area contributed by atoms with E-state index in [4.69, 9.17) is 4.74 Å². The first-order valence-electron chi connectivity index (χ1n) is 6.17. The van der Waals surface area contributed by atoms with E-state index >= 15 is 0 Å². The zero-order valence-corrected chi connectivity index (χ0v) is 11.1. The Bertz CT molecular complexity index is 471. The number of anilines is 1. The first-order valence-corrected chi connectivity index (χ1v) is 6.17. The standard InChI is InChI=1S/C12H18N4O3/c1-15-8-10(6-14-15)16-7-9(5-11(16)17)12(18)13-3-4-19-2/h6,8-9H,3-5,7H2,1-2H3,(H,13,18)/t9-/m1/s1. The normalized spacial score (nSPS) is 18.9. The van der Waals surface area contributed by atoms with Crippen LogP contribution in [0.25, 0.3) is 0 Å². The van der Waals surface area contributed by atoms with Gasteiger partial charge in [0.2, 0.25) is 11.8 Å². The van der Waals surface area contributed by atoms with E-state index < -0.39 is 0 Å². The van der Waals surface area contributed by atoms with Crippen LogP contribution in [0.1, 0.15) is 6.42 Å². The van der Waals surface area contributed by atoms with E-state index in [0.29, 0.717) is 19.7 Å². The fraction of sp³-hybridized carbons (Fsp3) is 0.583. The topological polar surface area (TPSA) is 76.5 Å². The summed E-state index contributed by atoms with van der Waals surface area (Å²) in [7, 11) is 3.37. The molecule has 1 aromatic rings. The molecule has 0 spiro atoms.